The molecule has 0 aliphatic rings. The van der Waals surface area contributed by atoms with Crippen LogP contribution < -0.4 is 0 Å². The molecule has 6 heteroatoms. The number of hydrogen-bond acceptors (Lipinski definition) is 3. The van der Waals surface area contributed by atoms with Crippen LogP contribution in [-0.4, -0.2) is 29.6 Å². The highest BCUT2D eigenvalue weighted by atomic mass is 31.2. The number of phosphoric acid groups is 1. The molecule has 86 valence electrons. The van der Waals surface area contributed by atoms with Gasteiger partial charge in [-0.2, -0.15) is 0 Å². The first-order valence-electron chi connectivity index (χ1n) is 4.84. The van der Waals surface area contributed by atoms with Gasteiger partial charge in [0, 0.05) is 13.2 Å². The Bertz CT molecular complexity index is 167. The minimum atomic E-state index is -4.26. The van der Waals surface area contributed by atoms with Gasteiger partial charge in [0.2, 0.25) is 0 Å². The standard InChI is InChI=1S/C8H19O5P/c1-2-12-7-5-3-4-6-8-13-14(9,10)11/h2-8H2,1H3,(H2,9,10,11). The molecular weight excluding hydrogens is 207 g/mol. The summed E-state index contributed by atoms with van der Waals surface area (Å²) in [5, 5.41) is 0. The van der Waals surface area contributed by atoms with Gasteiger partial charge < -0.3 is 14.5 Å². The molecule has 0 fully saturated rings. The second-order valence-corrected chi connectivity index (χ2v) is 4.17. The smallest absolute Gasteiger partial charge is 0.382 e. The summed E-state index contributed by atoms with van der Waals surface area (Å²) in [6.07, 6.45) is 3.58. The van der Waals surface area contributed by atoms with E-state index >= 15 is 0 Å². The molecule has 0 aromatic carbocycles. The first-order chi connectivity index (χ1) is 6.56. The van der Waals surface area contributed by atoms with Crippen molar-refractivity contribution in [2.45, 2.75) is 32.6 Å². The zero-order chi connectivity index (χ0) is 10.9. The highest BCUT2D eigenvalue weighted by molar-refractivity contribution is 7.46. The second kappa shape index (κ2) is 8.38. The van der Waals surface area contributed by atoms with Gasteiger partial charge in [-0.25, -0.2) is 4.57 Å². The van der Waals surface area contributed by atoms with Gasteiger partial charge in [0.1, 0.15) is 0 Å². The third-order valence-corrected chi connectivity index (χ3v) is 2.17. The van der Waals surface area contributed by atoms with Crippen LogP contribution in [-0.2, 0) is 13.8 Å². The zero-order valence-corrected chi connectivity index (χ0v) is 9.41. The lowest BCUT2D eigenvalue weighted by Crippen LogP contribution is -1.95. The molecule has 14 heavy (non-hydrogen) atoms. The summed E-state index contributed by atoms with van der Waals surface area (Å²) < 4.78 is 19.7. The molecule has 0 aliphatic carbocycles. The van der Waals surface area contributed by atoms with Gasteiger partial charge in [-0.05, 0) is 19.8 Å². The summed E-state index contributed by atoms with van der Waals surface area (Å²) in [6.45, 7) is 3.57. The van der Waals surface area contributed by atoms with Gasteiger partial charge in [-0.1, -0.05) is 12.8 Å². The van der Waals surface area contributed by atoms with Crippen molar-refractivity contribution >= 4 is 7.82 Å². The van der Waals surface area contributed by atoms with E-state index < -0.39 is 7.82 Å². The number of hydrogen-bond donors (Lipinski definition) is 2. The Balaban J connectivity index is 3.03. The quantitative estimate of drug-likeness (QED) is 0.462. The fraction of sp³-hybridized carbons (Fsp3) is 1.00. The van der Waals surface area contributed by atoms with Crippen LogP contribution in [0.4, 0.5) is 0 Å². The molecule has 0 aromatic heterocycles. The molecule has 0 unspecified atom stereocenters. The van der Waals surface area contributed by atoms with E-state index in [0.717, 1.165) is 32.5 Å². The lowest BCUT2D eigenvalue weighted by molar-refractivity contribution is 0.141. The van der Waals surface area contributed by atoms with Crippen LogP contribution in [0.25, 0.3) is 0 Å². The Morgan fingerprint density at radius 2 is 1.64 bits per heavy atom. The second-order valence-electron chi connectivity index (χ2n) is 2.93. The van der Waals surface area contributed by atoms with Gasteiger partial charge in [0.05, 0.1) is 6.61 Å². The Morgan fingerprint density at radius 1 is 1.07 bits per heavy atom. The Kier molecular flexibility index (Phi) is 8.43. The van der Waals surface area contributed by atoms with Crippen molar-refractivity contribution in [2.24, 2.45) is 0 Å². The van der Waals surface area contributed by atoms with E-state index in [1.54, 1.807) is 0 Å². The highest BCUT2D eigenvalue weighted by Gasteiger charge is 2.12. The van der Waals surface area contributed by atoms with Gasteiger partial charge in [0.15, 0.2) is 0 Å². The van der Waals surface area contributed by atoms with Gasteiger partial charge in [0.25, 0.3) is 0 Å². The largest absolute Gasteiger partial charge is 0.469 e. The van der Waals surface area contributed by atoms with E-state index in [1.807, 2.05) is 6.92 Å². The summed E-state index contributed by atoms with van der Waals surface area (Å²) in [5.74, 6) is 0. The topological polar surface area (TPSA) is 76.0 Å². The molecule has 0 heterocycles. The lowest BCUT2D eigenvalue weighted by atomic mass is 10.2. The maximum atomic E-state index is 10.3. The summed E-state index contributed by atoms with van der Waals surface area (Å²) in [7, 11) is -4.26. The maximum absolute atomic E-state index is 10.3. The first-order valence-corrected chi connectivity index (χ1v) is 6.37. The molecule has 0 aromatic rings. The fourth-order valence-corrected chi connectivity index (χ4v) is 1.35. The summed E-state index contributed by atoms with van der Waals surface area (Å²) in [5.41, 5.74) is 0. The Labute approximate surface area is 84.7 Å². The maximum Gasteiger partial charge on any atom is 0.469 e. The van der Waals surface area contributed by atoms with Crippen LogP contribution in [0.3, 0.4) is 0 Å². The van der Waals surface area contributed by atoms with Gasteiger partial charge >= 0.3 is 7.82 Å². The molecule has 0 saturated heterocycles. The monoisotopic (exact) mass is 226 g/mol. The van der Waals surface area contributed by atoms with Crippen molar-refractivity contribution in [3.05, 3.63) is 0 Å². The van der Waals surface area contributed by atoms with E-state index in [1.165, 1.54) is 0 Å². The van der Waals surface area contributed by atoms with Crippen molar-refractivity contribution in [2.75, 3.05) is 19.8 Å². The van der Waals surface area contributed by atoms with Gasteiger partial charge in [-0.3, -0.25) is 4.52 Å². The minimum Gasteiger partial charge on any atom is -0.382 e. The van der Waals surface area contributed by atoms with Crippen LogP contribution in [0, 0.1) is 0 Å². The van der Waals surface area contributed by atoms with Crippen molar-refractivity contribution < 1.29 is 23.6 Å². The molecule has 0 amide bonds. The number of rotatable bonds is 9. The van der Waals surface area contributed by atoms with E-state index in [4.69, 9.17) is 14.5 Å². The fourth-order valence-electron chi connectivity index (χ4n) is 0.988. The zero-order valence-electron chi connectivity index (χ0n) is 8.52. The average Bonchev–Trinajstić information content (AvgIpc) is 2.08. The summed E-state index contributed by atoms with van der Waals surface area (Å²) in [4.78, 5) is 16.7. The van der Waals surface area contributed by atoms with E-state index in [0.29, 0.717) is 6.42 Å². The number of ether oxygens (including phenoxy) is 1. The van der Waals surface area contributed by atoms with Crippen molar-refractivity contribution in [3.8, 4) is 0 Å². The van der Waals surface area contributed by atoms with Crippen molar-refractivity contribution in [3.63, 3.8) is 0 Å². The predicted molar refractivity (Wildman–Crippen MR) is 53.0 cm³/mol. The van der Waals surface area contributed by atoms with Crippen LogP contribution >= 0.6 is 7.82 Å². The van der Waals surface area contributed by atoms with Crippen LogP contribution in [0.1, 0.15) is 32.6 Å². The molecule has 0 saturated carbocycles. The van der Waals surface area contributed by atoms with Crippen LogP contribution in [0.2, 0.25) is 0 Å². The number of unbranched alkanes of at least 4 members (excludes halogenated alkanes) is 3. The van der Waals surface area contributed by atoms with E-state index in [2.05, 4.69) is 4.52 Å². The molecule has 2 N–H and O–H groups in total. The average molecular weight is 226 g/mol. The SMILES string of the molecule is CCOCCCCCCOP(=O)(O)O. The summed E-state index contributed by atoms with van der Waals surface area (Å²) in [6, 6.07) is 0. The van der Waals surface area contributed by atoms with E-state index in [9.17, 15) is 4.57 Å². The Morgan fingerprint density at radius 3 is 2.14 bits per heavy atom. The van der Waals surface area contributed by atoms with E-state index in [-0.39, 0.29) is 6.61 Å². The third-order valence-electron chi connectivity index (χ3n) is 1.65. The van der Waals surface area contributed by atoms with Crippen LogP contribution in [0.5, 0.6) is 0 Å². The molecule has 0 rings (SSSR count). The van der Waals surface area contributed by atoms with Crippen molar-refractivity contribution in [1.29, 1.82) is 0 Å². The minimum absolute atomic E-state index is 0.124. The molecular formula is C8H19O5P. The molecule has 0 atom stereocenters. The molecule has 0 radical (unpaired) electrons. The first kappa shape index (κ1) is 14.1. The lowest BCUT2D eigenvalue weighted by Gasteiger charge is -2.04. The molecule has 0 aliphatic heterocycles. The highest BCUT2D eigenvalue weighted by Crippen LogP contribution is 2.35. The number of phosphoric ester groups is 1. The Hall–Kier alpha value is 0.0700. The molecule has 5 nitrogen and oxygen atoms in total. The normalized spacial score (nSPS) is 11.9. The molecule has 0 spiro atoms. The molecule has 0 bridgehead atoms. The summed E-state index contributed by atoms with van der Waals surface area (Å²) >= 11 is 0. The van der Waals surface area contributed by atoms with Gasteiger partial charge in [-0.15, -0.1) is 0 Å². The third kappa shape index (κ3) is 12.1. The van der Waals surface area contributed by atoms with Crippen LogP contribution in [0.15, 0.2) is 0 Å². The predicted octanol–water partition coefficient (Wildman–Crippen LogP) is 1.69. The van der Waals surface area contributed by atoms with Crippen molar-refractivity contribution in [1.82, 2.24) is 0 Å².